The minimum atomic E-state index is 0.643. The van der Waals surface area contributed by atoms with E-state index >= 15 is 0 Å². The number of para-hydroxylation sites is 1. The molecule has 1 aliphatic heterocycles. The van der Waals surface area contributed by atoms with Crippen LogP contribution >= 0.6 is 0 Å². The Balaban J connectivity index is 1.46. The van der Waals surface area contributed by atoms with Crippen LogP contribution in [0.25, 0.3) is 0 Å². The fourth-order valence-corrected chi connectivity index (χ4v) is 4.24. The summed E-state index contributed by atoms with van der Waals surface area (Å²) in [6, 6.07) is 8.98. The molecule has 0 amide bonds. The lowest BCUT2D eigenvalue weighted by atomic mass is 9.89. The molecule has 2 atom stereocenters. The van der Waals surface area contributed by atoms with E-state index in [1.165, 1.54) is 49.8 Å². The third-order valence-corrected chi connectivity index (χ3v) is 5.40. The van der Waals surface area contributed by atoms with Crippen LogP contribution in [0.3, 0.4) is 0 Å². The minimum Gasteiger partial charge on any atom is -0.331 e. The number of hydrogen-bond acceptors (Lipinski definition) is 2. The summed E-state index contributed by atoms with van der Waals surface area (Å²) < 4.78 is 0. The van der Waals surface area contributed by atoms with E-state index in [0.717, 1.165) is 19.1 Å². The first-order valence-corrected chi connectivity index (χ1v) is 8.85. The maximum absolute atomic E-state index is 3.72. The zero-order chi connectivity index (χ0) is 14.8. The van der Waals surface area contributed by atoms with Gasteiger partial charge in [-0.3, -0.25) is 5.32 Å². The van der Waals surface area contributed by atoms with Crippen molar-refractivity contribution in [1.82, 2.24) is 5.32 Å². The summed E-state index contributed by atoms with van der Waals surface area (Å²) in [6.45, 7) is 2.10. The van der Waals surface area contributed by atoms with Crippen LogP contribution in [0.2, 0.25) is 0 Å². The number of anilines is 1. The van der Waals surface area contributed by atoms with E-state index < -0.39 is 0 Å². The number of allylic oxidation sites excluding steroid dienone is 4. The molecule has 2 heteroatoms. The predicted molar refractivity (Wildman–Crippen MR) is 92.9 cm³/mol. The number of nitrogens with one attached hydrogen (secondary N) is 1. The molecule has 3 aliphatic rings. The van der Waals surface area contributed by atoms with Crippen molar-refractivity contribution in [3.05, 3.63) is 53.8 Å². The Labute approximate surface area is 133 Å². The molecule has 4 rings (SSSR count). The van der Waals surface area contributed by atoms with Crippen molar-refractivity contribution in [1.29, 1.82) is 0 Å². The van der Waals surface area contributed by atoms with Gasteiger partial charge in [0.05, 0.1) is 6.67 Å². The highest BCUT2D eigenvalue weighted by molar-refractivity contribution is 5.68. The third kappa shape index (κ3) is 2.61. The van der Waals surface area contributed by atoms with E-state index in [1.54, 1.807) is 5.70 Å². The van der Waals surface area contributed by atoms with Crippen LogP contribution in [0.4, 0.5) is 5.69 Å². The zero-order valence-electron chi connectivity index (χ0n) is 13.3. The first kappa shape index (κ1) is 14.1. The van der Waals surface area contributed by atoms with Crippen molar-refractivity contribution in [3.63, 3.8) is 0 Å². The molecule has 1 heterocycles. The fourth-order valence-electron chi connectivity index (χ4n) is 4.24. The molecule has 2 nitrogen and oxygen atoms in total. The maximum Gasteiger partial charge on any atom is 0.0728 e. The molecule has 0 radical (unpaired) electrons. The van der Waals surface area contributed by atoms with Gasteiger partial charge < -0.3 is 4.90 Å². The lowest BCUT2D eigenvalue weighted by molar-refractivity contribution is 0.441. The summed E-state index contributed by atoms with van der Waals surface area (Å²) in [7, 11) is 0. The molecule has 1 aromatic rings. The predicted octanol–water partition coefficient (Wildman–Crippen LogP) is 4.56. The van der Waals surface area contributed by atoms with Gasteiger partial charge in [-0.05, 0) is 62.6 Å². The van der Waals surface area contributed by atoms with E-state index in [4.69, 9.17) is 0 Å². The fraction of sp³-hybridized carbons (Fsp3) is 0.500. The summed E-state index contributed by atoms with van der Waals surface area (Å²) >= 11 is 0. The molecule has 116 valence electrons. The van der Waals surface area contributed by atoms with Crippen molar-refractivity contribution in [3.8, 4) is 0 Å². The number of fused-ring (bicyclic) bond motifs is 3. The van der Waals surface area contributed by atoms with Crippen molar-refractivity contribution in [2.75, 3.05) is 18.1 Å². The number of hydrogen-bond donors (Lipinski definition) is 1. The van der Waals surface area contributed by atoms with Crippen molar-refractivity contribution >= 4 is 5.69 Å². The standard InChI is InChI=1S/C20H26N2/c1-2-8-16(9-3-1)14-21-15-22-19-12-6-4-10-17(19)18-11-5-7-13-20(18)22/h1-2,4,6,10,12-13,16,18,21H,3,5,7-9,11,14-15H2. The summed E-state index contributed by atoms with van der Waals surface area (Å²) in [5.74, 6) is 1.46. The average molecular weight is 294 g/mol. The van der Waals surface area contributed by atoms with Gasteiger partial charge in [0.15, 0.2) is 0 Å². The van der Waals surface area contributed by atoms with Crippen LogP contribution < -0.4 is 10.2 Å². The van der Waals surface area contributed by atoms with Gasteiger partial charge >= 0.3 is 0 Å². The molecule has 0 aromatic heterocycles. The van der Waals surface area contributed by atoms with Gasteiger partial charge in [-0.15, -0.1) is 0 Å². The van der Waals surface area contributed by atoms with Crippen LogP contribution in [0.1, 0.15) is 50.0 Å². The molecule has 2 unspecified atom stereocenters. The molecule has 1 aromatic carbocycles. The van der Waals surface area contributed by atoms with Gasteiger partial charge in [0.25, 0.3) is 0 Å². The van der Waals surface area contributed by atoms with Gasteiger partial charge in [-0.25, -0.2) is 0 Å². The molecule has 1 N–H and O–H groups in total. The maximum atomic E-state index is 3.72. The topological polar surface area (TPSA) is 15.3 Å². The lowest BCUT2D eigenvalue weighted by Crippen LogP contribution is -2.35. The molecule has 0 bridgehead atoms. The Morgan fingerprint density at radius 1 is 1.09 bits per heavy atom. The quantitative estimate of drug-likeness (QED) is 0.819. The Kier molecular flexibility index (Phi) is 4.03. The Morgan fingerprint density at radius 2 is 2.05 bits per heavy atom. The second kappa shape index (κ2) is 6.29. The third-order valence-electron chi connectivity index (χ3n) is 5.40. The highest BCUT2D eigenvalue weighted by Gasteiger charge is 2.34. The smallest absolute Gasteiger partial charge is 0.0728 e. The summed E-state index contributed by atoms with van der Waals surface area (Å²) in [5.41, 5.74) is 4.51. The van der Waals surface area contributed by atoms with Crippen LogP contribution in [0, 0.1) is 5.92 Å². The first-order chi connectivity index (χ1) is 10.9. The van der Waals surface area contributed by atoms with Crippen LogP contribution in [-0.4, -0.2) is 13.2 Å². The highest BCUT2D eigenvalue weighted by atomic mass is 15.3. The normalized spacial score (nSPS) is 26.5. The molecular formula is C20H26N2. The Bertz CT molecular complexity index is 587. The Morgan fingerprint density at radius 3 is 2.95 bits per heavy atom. The molecule has 2 aliphatic carbocycles. The zero-order valence-corrected chi connectivity index (χ0v) is 13.3. The summed E-state index contributed by atoms with van der Waals surface area (Å²) in [6.07, 6.45) is 14.9. The molecular weight excluding hydrogens is 268 g/mol. The SMILES string of the molecule is C1=CCC(CNCN2C3=CCCCC3c3ccccc32)CC1. The first-order valence-electron chi connectivity index (χ1n) is 8.85. The van der Waals surface area contributed by atoms with Crippen molar-refractivity contribution in [2.24, 2.45) is 5.92 Å². The van der Waals surface area contributed by atoms with E-state index in [9.17, 15) is 0 Å². The van der Waals surface area contributed by atoms with Crippen LogP contribution in [0.15, 0.2) is 48.2 Å². The van der Waals surface area contributed by atoms with E-state index in [1.807, 2.05) is 0 Å². The monoisotopic (exact) mass is 294 g/mol. The number of benzene rings is 1. The van der Waals surface area contributed by atoms with Gasteiger partial charge in [-0.2, -0.15) is 0 Å². The summed E-state index contributed by atoms with van der Waals surface area (Å²) in [5, 5.41) is 3.72. The second-order valence-electron chi connectivity index (χ2n) is 6.86. The largest absolute Gasteiger partial charge is 0.331 e. The van der Waals surface area contributed by atoms with E-state index in [0.29, 0.717) is 5.92 Å². The van der Waals surface area contributed by atoms with E-state index in [-0.39, 0.29) is 0 Å². The van der Waals surface area contributed by atoms with Crippen LogP contribution in [0.5, 0.6) is 0 Å². The van der Waals surface area contributed by atoms with Crippen LogP contribution in [-0.2, 0) is 0 Å². The molecule has 0 saturated heterocycles. The van der Waals surface area contributed by atoms with Gasteiger partial charge in [0.1, 0.15) is 0 Å². The number of nitrogens with zero attached hydrogens (tertiary/aromatic N) is 1. The van der Waals surface area contributed by atoms with Gasteiger partial charge in [-0.1, -0.05) is 36.4 Å². The second-order valence-corrected chi connectivity index (χ2v) is 6.86. The molecule has 0 spiro atoms. The Hall–Kier alpha value is -1.54. The van der Waals surface area contributed by atoms with Crippen molar-refractivity contribution < 1.29 is 0 Å². The molecule has 22 heavy (non-hydrogen) atoms. The van der Waals surface area contributed by atoms with Gasteiger partial charge in [0, 0.05) is 17.3 Å². The average Bonchev–Trinajstić information content (AvgIpc) is 2.91. The lowest BCUT2D eigenvalue weighted by Gasteiger charge is -2.27. The highest BCUT2D eigenvalue weighted by Crippen LogP contribution is 2.47. The summed E-state index contributed by atoms with van der Waals surface area (Å²) in [4.78, 5) is 2.53. The molecule has 0 saturated carbocycles. The van der Waals surface area contributed by atoms with Crippen molar-refractivity contribution in [2.45, 2.75) is 44.4 Å². The van der Waals surface area contributed by atoms with E-state index in [2.05, 4.69) is 52.7 Å². The molecule has 0 fully saturated rings. The van der Waals surface area contributed by atoms with Gasteiger partial charge in [0.2, 0.25) is 0 Å². The minimum absolute atomic E-state index is 0.643. The number of rotatable bonds is 4.